The maximum atomic E-state index is 3.50. The van der Waals surface area contributed by atoms with E-state index in [1.807, 2.05) is 0 Å². The Kier molecular flexibility index (Phi) is 4.42. The molecule has 2 heteroatoms. The Morgan fingerprint density at radius 3 is 2.69 bits per heavy atom. The lowest BCUT2D eigenvalue weighted by Crippen LogP contribution is -2.33. The molecule has 88 valence electrons. The van der Waals surface area contributed by atoms with E-state index in [2.05, 4.69) is 52.0 Å². The molecule has 1 aliphatic heterocycles. The number of hydrogen-bond acceptors (Lipinski definition) is 1. The van der Waals surface area contributed by atoms with Gasteiger partial charge in [0.25, 0.3) is 0 Å². The van der Waals surface area contributed by atoms with Gasteiger partial charge in [0, 0.05) is 10.5 Å². The number of nitrogens with zero attached hydrogens (tertiary/aromatic N) is 1. The lowest BCUT2D eigenvalue weighted by atomic mass is 9.95. The number of likely N-dealkylation sites (tertiary alicyclic amines) is 1. The van der Waals surface area contributed by atoms with E-state index in [-0.39, 0.29) is 0 Å². The van der Waals surface area contributed by atoms with Crippen LogP contribution in [0.15, 0.2) is 28.7 Å². The van der Waals surface area contributed by atoms with Crippen LogP contribution in [-0.4, -0.2) is 18.0 Å². The van der Waals surface area contributed by atoms with Gasteiger partial charge >= 0.3 is 0 Å². The smallest absolute Gasteiger partial charge is 0.0348 e. The zero-order valence-electron chi connectivity index (χ0n) is 9.95. The van der Waals surface area contributed by atoms with Gasteiger partial charge in [-0.25, -0.2) is 0 Å². The normalized spacial score (nSPS) is 22.2. The molecule has 1 heterocycles. The summed E-state index contributed by atoms with van der Waals surface area (Å²) in [7, 11) is 0. The van der Waals surface area contributed by atoms with E-state index in [0.717, 1.165) is 0 Å². The summed E-state index contributed by atoms with van der Waals surface area (Å²) < 4.78 is 1.18. The molecule has 1 aromatic rings. The molecular weight excluding hydrogens is 262 g/mol. The molecule has 1 nitrogen and oxygen atoms in total. The van der Waals surface area contributed by atoms with Crippen molar-refractivity contribution < 1.29 is 0 Å². The van der Waals surface area contributed by atoms with Crippen molar-refractivity contribution in [3.8, 4) is 0 Å². The van der Waals surface area contributed by atoms with E-state index < -0.39 is 0 Å². The van der Waals surface area contributed by atoms with E-state index in [1.165, 1.54) is 48.8 Å². The Balaban J connectivity index is 2.13. The first-order chi connectivity index (χ1) is 7.81. The highest BCUT2D eigenvalue weighted by atomic mass is 79.9. The average molecular weight is 282 g/mol. The Morgan fingerprint density at radius 2 is 2.00 bits per heavy atom. The van der Waals surface area contributed by atoms with Crippen molar-refractivity contribution in [2.75, 3.05) is 13.1 Å². The molecule has 1 aliphatic rings. The van der Waals surface area contributed by atoms with Gasteiger partial charge in [-0.3, -0.25) is 4.90 Å². The van der Waals surface area contributed by atoms with Crippen molar-refractivity contribution in [1.82, 2.24) is 4.90 Å². The average Bonchev–Trinajstić information content (AvgIpc) is 2.32. The molecule has 0 aromatic heterocycles. The van der Waals surface area contributed by atoms with Crippen molar-refractivity contribution in [3.05, 3.63) is 34.3 Å². The first-order valence-electron chi connectivity index (χ1n) is 6.31. The monoisotopic (exact) mass is 281 g/mol. The van der Waals surface area contributed by atoms with Gasteiger partial charge in [-0.05, 0) is 50.0 Å². The summed E-state index contributed by atoms with van der Waals surface area (Å²) in [6.45, 7) is 4.78. The number of rotatable bonds is 3. The predicted octanol–water partition coefficient (Wildman–Crippen LogP) is 4.39. The molecule has 1 fully saturated rings. The van der Waals surface area contributed by atoms with Gasteiger partial charge in [-0.1, -0.05) is 41.4 Å². The summed E-state index contributed by atoms with van der Waals surface area (Å²) in [6, 6.07) is 9.51. The fourth-order valence-electron chi connectivity index (χ4n) is 2.61. The van der Waals surface area contributed by atoms with Crippen LogP contribution in [0, 0.1) is 0 Å². The van der Waals surface area contributed by atoms with E-state index >= 15 is 0 Å². The standard InChI is InChI=1S/C14H20BrN/c1-2-10-16-11-4-3-5-14(16)12-6-8-13(15)9-7-12/h6-9,14H,2-5,10-11H2,1H3. The molecule has 16 heavy (non-hydrogen) atoms. The number of benzene rings is 1. The van der Waals surface area contributed by atoms with Gasteiger partial charge in [0.15, 0.2) is 0 Å². The molecule has 1 atom stereocenters. The fraction of sp³-hybridized carbons (Fsp3) is 0.571. The van der Waals surface area contributed by atoms with Gasteiger partial charge in [-0.2, -0.15) is 0 Å². The summed E-state index contributed by atoms with van der Waals surface area (Å²) in [5.41, 5.74) is 1.48. The SMILES string of the molecule is CCCN1CCCCC1c1ccc(Br)cc1. The third-order valence-electron chi connectivity index (χ3n) is 3.38. The summed E-state index contributed by atoms with van der Waals surface area (Å²) in [6.07, 6.45) is 5.32. The van der Waals surface area contributed by atoms with E-state index in [9.17, 15) is 0 Å². The minimum atomic E-state index is 0.654. The molecule has 2 rings (SSSR count). The highest BCUT2D eigenvalue weighted by molar-refractivity contribution is 9.10. The number of piperidine rings is 1. The third-order valence-corrected chi connectivity index (χ3v) is 3.91. The lowest BCUT2D eigenvalue weighted by Gasteiger charge is -2.35. The van der Waals surface area contributed by atoms with Crippen molar-refractivity contribution in [2.45, 2.75) is 38.6 Å². The second-order valence-corrected chi connectivity index (χ2v) is 5.51. The van der Waals surface area contributed by atoms with E-state index in [0.29, 0.717) is 6.04 Å². The molecule has 0 aliphatic carbocycles. The minimum Gasteiger partial charge on any atom is -0.296 e. The van der Waals surface area contributed by atoms with Gasteiger partial charge in [-0.15, -0.1) is 0 Å². The number of halogens is 1. The van der Waals surface area contributed by atoms with Crippen molar-refractivity contribution in [3.63, 3.8) is 0 Å². The van der Waals surface area contributed by atoms with Gasteiger partial charge in [0.05, 0.1) is 0 Å². The van der Waals surface area contributed by atoms with Crippen LogP contribution in [0.4, 0.5) is 0 Å². The zero-order valence-corrected chi connectivity index (χ0v) is 11.5. The fourth-order valence-corrected chi connectivity index (χ4v) is 2.87. The Bertz CT molecular complexity index is 318. The molecular formula is C14H20BrN. The minimum absolute atomic E-state index is 0.654. The maximum Gasteiger partial charge on any atom is 0.0348 e. The third kappa shape index (κ3) is 2.86. The lowest BCUT2D eigenvalue weighted by molar-refractivity contribution is 0.149. The highest BCUT2D eigenvalue weighted by Crippen LogP contribution is 2.31. The number of hydrogen-bond donors (Lipinski definition) is 0. The second-order valence-electron chi connectivity index (χ2n) is 4.60. The summed E-state index contributed by atoms with van der Waals surface area (Å²) in [5, 5.41) is 0. The highest BCUT2D eigenvalue weighted by Gasteiger charge is 2.22. The first kappa shape index (κ1) is 12.1. The van der Waals surface area contributed by atoms with Crippen LogP contribution in [0.2, 0.25) is 0 Å². The van der Waals surface area contributed by atoms with Crippen LogP contribution < -0.4 is 0 Å². The summed E-state index contributed by atoms with van der Waals surface area (Å²) in [4.78, 5) is 2.65. The molecule has 0 amide bonds. The summed E-state index contributed by atoms with van der Waals surface area (Å²) >= 11 is 3.50. The molecule has 0 saturated carbocycles. The first-order valence-corrected chi connectivity index (χ1v) is 7.10. The predicted molar refractivity (Wildman–Crippen MR) is 72.6 cm³/mol. The van der Waals surface area contributed by atoms with Crippen LogP contribution in [-0.2, 0) is 0 Å². The molecule has 1 saturated heterocycles. The second kappa shape index (κ2) is 5.83. The van der Waals surface area contributed by atoms with Gasteiger partial charge in [0.1, 0.15) is 0 Å². The van der Waals surface area contributed by atoms with Crippen molar-refractivity contribution in [1.29, 1.82) is 0 Å². The largest absolute Gasteiger partial charge is 0.296 e. The molecule has 0 N–H and O–H groups in total. The zero-order chi connectivity index (χ0) is 11.4. The Morgan fingerprint density at radius 1 is 1.25 bits per heavy atom. The van der Waals surface area contributed by atoms with E-state index in [1.54, 1.807) is 0 Å². The quantitative estimate of drug-likeness (QED) is 0.795. The van der Waals surface area contributed by atoms with Gasteiger partial charge < -0.3 is 0 Å². The maximum absolute atomic E-state index is 3.50. The van der Waals surface area contributed by atoms with Crippen LogP contribution in [0.3, 0.4) is 0 Å². The topological polar surface area (TPSA) is 3.24 Å². The van der Waals surface area contributed by atoms with Crippen LogP contribution >= 0.6 is 15.9 Å². The van der Waals surface area contributed by atoms with Crippen LogP contribution in [0.1, 0.15) is 44.2 Å². The van der Waals surface area contributed by atoms with Crippen LogP contribution in [0.25, 0.3) is 0 Å². The summed E-state index contributed by atoms with van der Waals surface area (Å²) in [5.74, 6) is 0. The molecule has 1 unspecified atom stereocenters. The van der Waals surface area contributed by atoms with Crippen molar-refractivity contribution in [2.24, 2.45) is 0 Å². The Labute approximate surface area is 107 Å². The van der Waals surface area contributed by atoms with Crippen molar-refractivity contribution >= 4 is 15.9 Å². The van der Waals surface area contributed by atoms with E-state index in [4.69, 9.17) is 0 Å². The van der Waals surface area contributed by atoms with Gasteiger partial charge in [0.2, 0.25) is 0 Å². The molecule has 0 radical (unpaired) electrons. The van der Waals surface area contributed by atoms with Crippen LogP contribution in [0.5, 0.6) is 0 Å². The molecule has 0 bridgehead atoms. The molecule has 0 spiro atoms. The molecule has 1 aromatic carbocycles. The Hall–Kier alpha value is -0.340.